The zero-order valence-electron chi connectivity index (χ0n) is 11.2. The third-order valence-electron chi connectivity index (χ3n) is 2.55. The minimum atomic E-state index is -4.36. The van der Waals surface area contributed by atoms with E-state index in [0.29, 0.717) is 5.75 Å². The number of aromatic nitrogens is 4. The molecule has 0 aliphatic rings. The van der Waals surface area contributed by atoms with E-state index in [0.717, 1.165) is 6.07 Å². The van der Waals surface area contributed by atoms with Crippen LogP contribution in [-0.4, -0.2) is 40.7 Å². The molecule has 0 radical (unpaired) electrons. The number of anilines is 1. The lowest BCUT2D eigenvalue weighted by Gasteiger charge is -2.09. The van der Waals surface area contributed by atoms with Gasteiger partial charge in [0.1, 0.15) is 17.4 Å². The van der Waals surface area contributed by atoms with Gasteiger partial charge >= 0.3 is 0 Å². The van der Waals surface area contributed by atoms with Gasteiger partial charge < -0.3 is 10.1 Å². The largest absolute Gasteiger partial charge is 0.495 e. The van der Waals surface area contributed by atoms with Crippen molar-refractivity contribution in [1.82, 2.24) is 20.6 Å². The van der Waals surface area contributed by atoms with Crippen molar-refractivity contribution in [1.29, 1.82) is 5.26 Å². The number of rotatable bonds is 5. The van der Waals surface area contributed by atoms with Crippen LogP contribution in [0.1, 0.15) is 5.82 Å². The van der Waals surface area contributed by atoms with Gasteiger partial charge in [0, 0.05) is 6.20 Å². The van der Waals surface area contributed by atoms with Crippen molar-refractivity contribution in [2.45, 2.75) is 4.90 Å². The minimum Gasteiger partial charge on any atom is -0.495 e. The SMILES string of the molecule is COc1ccc(S(=O)(=O)O)cc1NC=C(C#N)c1nn[nH]n1. The van der Waals surface area contributed by atoms with Crippen LogP contribution in [-0.2, 0) is 10.1 Å². The number of hydrogen-bond acceptors (Lipinski definition) is 8. The molecular formula is C11H10N6O4S. The molecule has 3 N–H and O–H groups in total. The molecule has 2 rings (SSSR count). The summed E-state index contributed by atoms with van der Waals surface area (Å²) in [5.74, 6) is 0.383. The van der Waals surface area contributed by atoms with Crippen LogP contribution in [0.15, 0.2) is 29.3 Å². The average molecular weight is 322 g/mol. The highest BCUT2D eigenvalue weighted by Gasteiger charge is 2.13. The number of methoxy groups -OCH3 is 1. The van der Waals surface area contributed by atoms with Crippen molar-refractivity contribution >= 4 is 21.4 Å². The molecule has 114 valence electrons. The van der Waals surface area contributed by atoms with Crippen LogP contribution < -0.4 is 10.1 Å². The van der Waals surface area contributed by atoms with E-state index in [1.165, 1.54) is 25.4 Å². The van der Waals surface area contributed by atoms with Gasteiger partial charge in [-0.05, 0) is 23.4 Å². The van der Waals surface area contributed by atoms with Crippen molar-refractivity contribution in [3.8, 4) is 11.8 Å². The second kappa shape index (κ2) is 6.20. The summed E-state index contributed by atoms with van der Waals surface area (Å²) in [6.07, 6.45) is 1.26. The molecule has 0 saturated heterocycles. The molecule has 0 aliphatic carbocycles. The Bertz CT molecular complexity index is 838. The van der Waals surface area contributed by atoms with E-state index in [-0.39, 0.29) is 22.0 Å². The quantitative estimate of drug-likeness (QED) is 0.525. The molecule has 1 heterocycles. The Morgan fingerprint density at radius 2 is 2.32 bits per heavy atom. The van der Waals surface area contributed by atoms with E-state index >= 15 is 0 Å². The molecule has 22 heavy (non-hydrogen) atoms. The second-order valence-corrected chi connectivity index (χ2v) is 5.31. The van der Waals surface area contributed by atoms with Gasteiger partial charge in [0.05, 0.1) is 17.7 Å². The van der Waals surface area contributed by atoms with E-state index in [1.807, 2.05) is 6.07 Å². The summed E-state index contributed by atoms with van der Waals surface area (Å²) in [6.45, 7) is 0. The number of nitrogens with one attached hydrogen (secondary N) is 2. The first-order valence-electron chi connectivity index (χ1n) is 5.72. The average Bonchev–Trinajstić information content (AvgIpc) is 3.01. The van der Waals surface area contributed by atoms with Gasteiger partial charge in [-0.2, -0.15) is 18.9 Å². The van der Waals surface area contributed by atoms with Crippen LogP contribution in [0, 0.1) is 11.3 Å². The maximum atomic E-state index is 11.2. The van der Waals surface area contributed by atoms with E-state index < -0.39 is 10.1 Å². The summed E-state index contributed by atoms with van der Waals surface area (Å²) in [5, 5.41) is 24.6. The third kappa shape index (κ3) is 3.37. The number of ether oxygens (including phenoxy) is 1. The Hall–Kier alpha value is -2.97. The first-order valence-corrected chi connectivity index (χ1v) is 7.16. The van der Waals surface area contributed by atoms with Gasteiger partial charge in [0.2, 0.25) is 5.82 Å². The molecule has 0 saturated carbocycles. The molecule has 0 amide bonds. The van der Waals surface area contributed by atoms with Crippen molar-refractivity contribution in [3.05, 3.63) is 30.2 Å². The van der Waals surface area contributed by atoms with Crippen molar-refractivity contribution in [2.75, 3.05) is 12.4 Å². The van der Waals surface area contributed by atoms with Crippen molar-refractivity contribution in [2.24, 2.45) is 0 Å². The number of hydrogen-bond donors (Lipinski definition) is 3. The Balaban J connectivity index is 2.38. The first-order chi connectivity index (χ1) is 10.5. The predicted octanol–water partition coefficient (Wildman–Crippen LogP) is 0.432. The highest BCUT2D eigenvalue weighted by atomic mass is 32.2. The number of nitriles is 1. The first kappa shape index (κ1) is 15.4. The summed E-state index contributed by atoms with van der Waals surface area (Å²) in [4.78, 5) is -0.317. The fourth-order valence-electron chi connectivity index (χ4n) is 1.53. The van der Waals surface area contributed by atoms with Gasteiger partial charge in [-0.25, -0.2) is 0 Å². The number of H-pyrrole nitrogens is 1. The van der Waals surface area contributed by atoms with Crippen molar-refractivity contribution in [3.63, 3.8) is 0 Å². The summed E-state index contributed by atoms with van der Waals surface area (Å²) >= 11 is 0. The van der Waals surface area contributed by atoms with E-state index in [9.17, 15) is 8.42 Å². The van der Waals surface area contributed by atoms with Crippen molar-refractivity contribution < 1.29 is 17.7 Å². The van der Waals surface area contributed by atoms with Crippen LogP contribution in [0.2, 0.25) is 0 Å². The second-order valence-electron chi connectivity index (χ2n) is 3.89. The normalized spacial score (nSPS) is 11.8. The zero-order chi connectivity index (χ0) is 16.2. The lowest BCUT2D eigenvalue weighted by molar-refractivity contribution is 0.416. The molecular weight excluding hydrogens is 312 g/mol. The fraction of sp³-hybridized carbons (Fsp3) is 0.0909. The summed E-state index contributed by atoms with van der Waals surface area (Å²) in [6, 6.07) is 5.57. The van der Waals surface area contributed by atoms with E-state index in [2.05, 4.69) is 25.9 Å². The molecule has 0 fully saturated rings. The van der Waals surface area contributed by atoms with Gasteiger partial charge in [0.15, 0.2) is 0 Å². The maximum absolute atomic E-state index is 11.2. The number of tetrazole rings is 1. The molecule has 11 heteroatoms. The Morgan fingerprint density at radius 3 is 2.86 bits per heavy atom. The van der Waals surface area contributed by atoms with Gasteiger partial charge in [-0.15, -0.1) is 10.2 Å². The standard InChI is InChI=1S/C11H10N6O4S/c1-21-10-3-2-8(22(18,19)20)4-9(10)13-6-7(5-12)11-14-16-17-15-11/h2-4,6,13H,1H3,(H,18,19,20)(H,14,15,16,17). The molecule has 0 unspecified atom stereocenters. The Labute approximate surface area is 125 Å². The zero-order valence-corrected chi connectivity index (χ0v) is 12.0. The summed E-state index contributed by atoms with van der Waals surface area (Å²) in [7, 11) is -2.97. The lowest BCUT2D eigenvalue weighted by atomic mass is 10.2. The third-order valence-corrected chi connectivity index (χ3v) is 3.40. The van der Waals surface area contributed by atoms with Gasteiger partial charge in [0.25, 0.3) is 10.1 Å². The monoisotopic (exact) mass is 322 g/mol. The number of benzene rings is 1. The molecule has 1 aromatic heterocycles. The molecule has 1 aromatic carbocycles. The van der Waals surface area contributed by atoms with Crippen LogP contribution in [0.4, 0.5) is 5.69 Å². The molecule has 10 nitrogen and oxygen atoms in total. The number of nitrogens with zero attached hydrogens (tertiary/aromatic N) is 4. The molecule has 2 aromatic rings. The van der Waals surface area contributed by atoms with Crippen LogP contribution in [0.5, 0.6) is 5.75 Å². The Kier molecular flexibility index (Phi) is 4.35. The highest BCUT2D eigenvalue weighted by molar-refractivity contribution is 7.85. The predicted molar refractivity (Wildman–Crippen MR) is 74.2 cm³/mol. The Morgan fingerprint density at radius 1 is 1.55 bits per heavy atom. The topological polar surface area (TPSA) is 154 Å². The minimum absolute atomic E-state index is 0.0630. The number of aromatic amines is 1. The van der Waals surface area contributed by atoms with Gasteiger partial charge in [-0.3, -0.25) is 4.55 Å². The highest BCUT2D eigenvalue weighted by Crippen LogP contribution is 2.27. The molecule has 0 aliphatic heterocycles. The molecule has 0 bridgehead atoms. The van der Waals surface area contributed by atoms with Crippen LogP contribution in [0.25, 0.3) is 5.57 Å². The maximum Gasteiger partial charge on any atom is 0.294 e. The fourth-order valence-corrected chi connectivity index (χ4v) is 2.04. The van der Waals surface area contributed by atoms with Crippen LogP contribution in [0.3, 0.4) is 0 Å². The van der Waals surface area contributed by atoms with E-state index in [4.69, 9.17) is 14.6 Å². The number of allylic oxidation sites excluding steroid dienone is 1. The van der Waals surface area contributed by atoms with Crippen LogP contribution >= 0.6 is 0 Å². The smallest absolute Gasteiger partial charge is 0.294 e. The van der Waals surface area contributed by atoms with E-state index in [1.54, 1.807) is 0 Å². The summed E-state index contributed by atoms with van der Waals surface area (Å²) in [5.41, 5.74) is 0.293. The van der Waals surface area contributed by atoms with Gasteiger partial charge in [-0.1, -0.05) is 0 Å². The summed E-state index contributed by atoms with van der Waals surface area (Å²) < 4.78 is 36.4. The lowest BCUT2D eigenvalue weighted by Crippen LogP contribution is -2.01. The molecule has 0 atom stereocenters. The molecule has 0 spiro atoms.